The SMILES string of the molecule is Oc1cccnc1-c1ncco1.Oc1ccncc1-c1cc2c(cn1)oc1ccccc12.Oc1ccncc1-c1cc2ccccc2cn1.Oc1ccncc1-c1nc2ccccc2o1.Oc1cnccc1-c1cc2c(cn1)sc1ccccc12.[Zn].[Zn].[Zn].[Zn].[Zn]. The number of thiophene rings is 1. The van der Waals surface area contributed by atoms with Gasteiger partial charge >= 0.3 is 0 Å². The number of rotatable bonds is 5. The van der Waals surface area contributed by atoms with Crippen LogP contribution < -0.4 is 0 Å². The minimum Gasteiger partial charge on any atom is -0.507 e. The zero-order valence-corrected chi connectivity index (χ0v) is 63.5. The van der Waals surface area contributed by atoms with Crippen LogP contribution in [-0.4, -0.2) is 75.4 Å². The molecule has 16 aromatic rings. The summed E-state index contributed by atoms with van der Waals surface area (Å²) in [6.07, 6.45) is 22.3. The fourth-order valence-electron chi connectivity index (χ4n) is 9.00. The molecule has 422 valence electrons. The number of furan rings is 1. The molecule has 0 radical (unpaired) electrons. The van der Waals surface area contributed by atoms with Crippen molar-refractivity contribution in [2.45, 2.75) is 0 Å². The zero-order chi connectivity index (χ0) is 58.1. The number of aromatic nitrogens is 10. The number of para-hydroxylation sites is 3. The van der Waals surface area contributed by atoms with E-state index in [9.17, 15) is 25.5 Å². The molecule has 0 spiro atoms. The third-order valence-corrected chi connectivity index (χ3v) is 14.2. The smallest absolute Gasteiger partial charge is 0.248 e. The van der Waals surface area contributed by atoms with Gasteiger partial charge in [-0.25, -0.2) is 15.0 Å². The van der Waals surface area contributed by atoms with Crippen LogP contribution in [0.2, 0.25) is 0 Å². The summed E-state index contributed by atoms with van der Waals surface area (Å²) in [5, 5.41) is 55.1. The van der Waals surface area contributed by atoms with Gasteiger partial charge in [-0.3, -0.25) is 34.9 Å². The first kappa shape index (κ1) is 68.6. The van der Waals surface area contributed by atoms with E-state index in [1.54, 1.807) is 85.2 Å². The van der Waals surface area contributed by atoms with Gasteiger partial charge in [0.25, 0.3) is 0 Å². The fraction of sp³-hybridized carbons (Fsp3) is 0. The van der Waals surface area contributed by atoms with E-state index >= 15 is 0 Å². The average Bonchev–Trinajstić information content (AvgIpc) is 1.92. The summed E-state index contributed by atoms with van der Waals surface area (Å²) in [6.45, 7) is 0. The largest absolute Gasteiger partial charge is 0.507 e. The van der Waals surface area contributed by atoms with E-state index < -0.39 is 0 Å². The summed E-state index contributed by atoms with van der Waals surface area (Å²) in [5.41, 5.74) is 8.03. The van der Waals surface area contributed by atoms with Gasteiger partial charge in [-0.05, 0) is 84.2 Å². The van der Waals surface area contributed by atoms with Crippen LogP contribution >= 0.6 is 11.3 Å². The van der Waals surface area contributed by atoms with Gasteiger partial charge in [0.05, 0.1) is 57.1 Å². The van der Waals surface area contributed by atoms with Crippen molar-refractivity contribution in [1.29, 1.82) is 0 Å². The first-order valence-corrected chi connectivity index (χ1v) is 26.9. The normalized spacial score (nSPS) is 10.2. The van der Waals surface area contributed by atoms with Crippen LogP contribution in [0.4, 0.5) is 0 Å². The molecule has 24 heteroatoms. The first-order valence-electron chi connectivity index (χ1n) is 26.0. The Morgan fingerprint density at radius 3 is 1.59 bits per heavy atom. The topological polar surface area (TPSA) is 269 Å². The number of pyridine rings is 8. The standard InChI is InChI=1S/C16H10N2O2.C16H10N2OS.C14H10N2O.C12H8N2O2.C8H6N2O2.5Zn/c19-14-5-6-17-8-12(14)13-7-11-10-3-1-2-4-15(10)20-16(11)9-18-13;19-14-8-17-6-5-11(14)13-7-12-10-3-1-2-4-15(10)20-16(12)9-18-13;17-14-5-6-15-9-12(14)13-7-10-3-1-2-4-11(10)8-16-13;15-10-5-6-13-7-8(10)12-14-9-3-1-2-4-11(9)16-12;11-6-2-1-3-9-7(6)8-10-4-5-12-8;;;;;/h1-9H,(H,17,19);1-9,19H;1-9H,(H,15,17);1-7H,(H,13,15);1-5,11H;;;;;. The molecule has 4 aromatic carbocycles. The van der Waals surface area contributed by atoms with Gasteiger partial charge in [0.15, 0.2) is 16.9 Å². The van der Waals surface area contributed by atoms with Crippen LogP contribution in [0.25, 0.3) is 121 Å². The predicted molar refractivity (Wildman–Crippen MR) is 325 cm³/mol. The Labute approximate surface area is 580 Å². The van der Waals surface area contributed by atoms with Crippen molar-refractivity contribution in [2.75, 3.05) is 0 Å². The molecule has 0 unspecified atom stereocenters. The second kappa shape index (κ2) is 32.1. The van der Waals surface area contributed by atoms with Crippen molar-refractivity contribution in [3.05, 3.63) is 238 Å². The third kappa shape index (κ3) is 15.6. The number of oxazole rings is 2. The second-order valence-corrected chi connectivity index (χ2v) is 19.6. The minimum atomic E-state index is 0. The molecule has 16 rings (SSSR count). The molecule has 12 aromatic heterocycles. The Balaban J connectivity index is 0.000000159. The van der Waals surface area contributed by atoms with E-state index in [1.165, 1.54) is 58.7 Å². The quantitative estimate of drug-likeness (QED) is 0.100. The monoisotopic (exact) mass is 1460 g/mol. The first-order chi connectivity index (χ1) is 41.7. The Morgan fingerprint density at radius 2 is 0.911 bits per heavy atom. The van der Waals surface area contributed by atoms with Crippen molar-refractivity contribution in [2.24, 2.45) is 0 Å². The van der Waals surface area contributed by atoms with Gasteiger partial charge in [-0.15, -0.1) is 11.3 Å². The summed E-state index contributed by atoms with van der Waals surface area (Å²) < 4.78 is 18.6. The van der Waals surface area contributed by atoms with Crippen LogP contribution in [0.1, 0.15) is 0 Å². The molecular weight excluding hydrogens is 1420 g/mol. The number of aromatic hydroxyl groups is 5. The predicted octanol–water partition coefficient (Wildman–Crippen LogP) is 15.0. The summed E-state index contributed by atoms with van der Waals surface area (Å²) in [5.74, 6) is 1.41. The number of benzene rings is 4. The molecule has 0 fully saturated rings. The minimum absolute atomic E-state index is 0. The van der Waals surface area contributed by atoms with Crippen LogP contribution in [0.15, 0.2) is 252 Å². The molecule has 0 atom stereocenters. The molecule has 18 nitrogen and oxygen atoms in total. The van der Waals surface area contributed by atoms with E-state index in [0.29, 0.717) is 51.0 Å². The summed E-state index contributed by atoms with van der Waals surface area (Å²) in [6, 6.07) is 47.1. The van der Waals surface area contributed by atoms with E-state index in [1.807, 2.05) is 109 Å². The van der Waals surface area contributed by atoms with Crippen LogP contribution in [0.5, 0.6) is 28.7 Å². The van der Waals surface area contributed by atoms with Crippen LogP contribution in [0, 0.1) is 0 Å². The Morgan fingerprint density at radius 1 is 0.333 bits per heavy atom. The van der Waals surface area contributed by atoms with E-state index in [0.717, 1.165) is 54.3 Å². The number of nitrogens with zero attached hydrogens (tertiary/aromatic N) is 10. The number of hydrogen-bond acceptors (Lipinski definition) is 19. The molecule has 0 aliphatic carbocycles. The van der Waals surface area contributed by atoms with Gasteiger partial charge in [0.1, 0.15) is 46.1 Å². The van der Waals surface area contributed by atoms with Gasteiger partial charge in [-0.2, -0.15) is 0 Å². The van der Waals surface area contributed by atoms with Gasteiger partial charge in [0, 0.05) is 197 Å². The van der Waals surface area contributed by atoms with Crippen molar-refractivity contribution in [3.8, 4) is 85.6 Å². The van der Waals surface area contributed by atoms with Crippen molar-refractivity contribution < 1.29 is 136 Å². The molecule has 0 aliphatic heterocycles. The van der Waals surface area contributed by atoms with Crippen LogP contribution in [0.3, 0.4) is 0 Å². The molecule has 0 saturated carbocycles. The molecule has 0 saturated heterocycles. The summed E-state index contributed by atoms with van der Waals surface area (Å²) in [4.78, 5) is 41.0. The Hall–Kier alpha value is -8.84. The maximum absolute atomic E-state index is 9.90. The average molecular weight is 1460 g/mol. The molecule has 0 bridgehead atoms. The molecule has 5 N–H and O–H groups in total. The van der Waals surface area contributed by atoms with Crippen molar-refractivity contribution >= 4 is 75.3 Å². The second-order valence-electron chi connectivity index (χ2n) is 18.5. The molecule has 12 heterocycles. The zero-order valence-electron chi connectivity index (χ0n) is 47.9. The maximum Gasteiger partial charge on any atom is 0.248 e. The van der Waals surface area contributed by atoms with Gasteiger partial charge < -0.3 is 38.8 Å². The van der Waals surface area contributed by atoms with E-state index in [4.69, 9.17) is 13.3 Å². The molecular formula is C66H44N10O8SZn5. The molecule has 0 aliphatic rings. The maximum atomic E-state index is 9.90. The van der Waals surface area contributed by atoms with Crippen molar-refractivity contribution in [1.82, 2.24) is 49.8 Å². The summed E-state index contributed by atoms with van der Waals surface area (Å²) in [7, 11) is 0. The van der Waals surface area contributed by atoms with Crippen LogP contribution in [-0.2, 0) is 97.4 Å². The van der Waals surface area contributed by atoms with Gasteiger partial charge in [0.2, 0.25) is 11.8 Å². The van der Waals surface area contributed by atoms with E-state index in [2.05, 4.69) is 62.0 Å². The summed E-state index contributed by atoms with van der Waals surface area (Å²) >= 11 is 1.73. The number of hydrogen-bond donors (Lipinski definition) is 5. The van der Waals surface area contributed by atoms with Gasteiger partial charge in [-0.1, -0.05) is 72.8 Å². The molecule has 0 amide bonds. The number of fused-ring (bicyclic) bond motifs is 8. The Bertz CT molecular complexity index is 4820. The fourth-order valence-corrected chi connectivity index (χ4v) is 10.1. The van der Waals surface area contributed by atoms with E-state index in [-0.39, 0.29) is 126 Å². The molecule has 90 heavy (non-hydrogen) atoms. The van der Waals surface area contributed by atoms with Crippen molar-refractivity contribution in [3.63, 3.8) is 0 Å². The Kier molecular flexibility index (Phi) is 24.5. The third-order valence-electron chi connectivity index (χ3n) is 13.1.